The molecule has 2 aliphatic rings. The molecular weight excluding hydrogens is 325 g/mol. The smallest absolute Gasteiger partial charge is 0.226 e. The minimum Gasteiger partial charge on any atom is -0.376 e. The Bertz CT molecular complexity index is 337. The predicted octanol–water partition coefficient (Wildman–Crippen LogP) is 1.52. The molecule has 2 rings (SSSR count). The standard InChI is InChI=1S/C15H29N3O2.2ClH/c1-11-10-18(8-9-20-11)14-4-6-17(7-5-14)15(19)12(2)13(3)16;;/h11-14H,4-10,16H2,1-3H3;2*1H. The molecule has 0 aliphatic carbocycles. The highest BCUT2D eigenvalue weighted by Gasteiger charge is 2.31. The molecule has 3 unspecified atom stereocenters. The number of rotatable bonds is 3. The van der Waals surface area contributed by atoms with Crippen molar-refractivity contribution in [3.05, 3.63) is 0 Å². The normalized spacial score (nSPS) is 26.5. The van der Waals surface area contributed by atoms with Crippen LogP contribution in [0.25, 0.3) is 0 Å². The number of nitrogens with two attached hydrogens (primary N) is 1. The maximum atomic E-state index is 12.3. The Kier molecular flexibility index (Phi) is 9.90. The van der Waals surface area contributed by atoms with Crippen molar-refractivity contribution in [2.45, 2.75) is 51.8 Å². The monoisotopic (exact) mass is 355 g/mol. The number of piperidine rings is 1. The van der Waals surface area contributed by atoms with Crippen LogP contribution in [-0.4, -0.2) is 66.7 Å². The molecule has 2 aliphatic heterocycles. The number of likely N-dealkylation sites (tertiary alicyclic amines) is 1. The van der Waals surface area contributed by atoms with E-state index in [1.807, 2.05) is 18.7 Å². The van der Waals surface area contributed by atoms with Crippen LogP contribution in [0.15, 0.2) is 0 Å². The fourth-order valence-electron chi connectivity index (χ4n) is 3.14. The number of amides is 1. The van der Waals surface area contributed by atoms with Gasteiger partial charge in [0.25, 0.3) is 0 Å². The Morgan fingerprint density at radius 1 is 1.18 bits per heavy atom. The molecule has 0 aromatic carbocycles. The molecule has 0 aromatic rings. The van der Waals surface area contributed by atoms with Gasteiger partial charge in [0.15, 0.2) is 0 Å². The second-order valence-electron chi connectivity index (χ2n) is 6.38. The molecule has 5 nitrogen and oxygen atoms in total. The zero-order chi connectivity index (χ0) is 14.7. The van der Waals surface area contributed by atoms with E-state index in [1.165, 1.54) is 0 Å². The lowest BCUT2D eigenvalue weighted by Gasteiger charge is -2.42. The van der Waals surface area contributed by atoms with Gasteiger partial charge in [-0.25, -0.2) is 0 Å². The Morgan fingerprint density at radius 3 is 2.27 bits per heavy atom. The van der Waals surface area contributed by atoms with E-state index in [2.05, 4.69) is 11.8 Å². The highest BCUT2D eigenvalue weighted by Crippen LogP contribution is 2.20. The number of hydrogen-bond donors (Lipinski definition) is 1. The van der Waals surface area contributed by atoms with Crippen molar-refractivity contribution in [3.63, 3.8) is 0 Å². The molecule has 0 aromatic heterocycles. The molecule has 2 N–H and O–H groups in total. The number of morpholine rings is 1. The van der Waals surface area contributed by atoms with Crippen molar-refractivity contribution in [2.75, 3.05) is 32.8 Å². The first-order valence-electron chi connectivity index (χ1n) is 7.89. The number of halogens is 2. The van der Waals surface area contributed by atoms with Crippen molar-refractivity contribution < 1.29 is 9.53 Å². The van der Waals surface area contributed by atoms with Gasteiger partial charge in [0.1, 0.15) is 0 Å². The van der Waals surface area contributed by atoms with Crippen LogP contribution < -0.4 is 5.73 Å². The van der Waals surface area contributed by atoms with Gasteiger partial charge in [-0.3, -0.25) is 9.69 Å². The fraction of sp³-hybridized carbons (Fsp3) is 0.933. The van der Waals surface area contributed by atoms with E-state index in [-0.39, 0.29) is 42.7 Å². The van der Waals surface area contributed by atoms with E-state index in [1.54, 1.807) is 0 Å². The molecule has 1 amide bonds. The maximum Gasteiger partial charge on any atom is 0.226 e. The summed E-state index contributed by atoms with van der Waals surface area (Å²) < 4.78 is 5.60. The third-order valence-corrected chi connectivity index (χ3v) is 4.74. The van der Waals surface area contributed by atoms with Crippen LogP contribution in [0.1, 0.15) is 33.6 Å². The number of carbonyl (C=O) groups is 1. The van der Waals surface area contributed by atoms with Crippen LogP contribution in [0.2, 0.25) is 0 Å². The maximum absolute atomic E-state index is 12.3. The first-order chi connectivity index (χ1) is 9.49. The molecule has 2 fully saturated rings. The topological polar surface area (TPSA) is 58.8 Å². The third-order valence-electron chi connectivity index (χ3n) is 4.74. The molecule has 0 spiro atoms. The molecule has 0 bridgehead atoms. The largest absolute Gasteiger partial charge is 0.376 e. The average molecular weight is 356 g/mol. The van der Waals surface area contributed by atoms with Crippen molar-refractivity contribution in [1.29, 1.82) is 0 Å². The Hall–Kier alpha value is -0.0700. The van der Waals surface area contributed by atoms with Crippen molar-refractivity contribution in [1.82, 2.24) is 9.80 Å². The molecule has 0 radical (unpaired) electrons. The van der Waals surface area contributed by atoms with Crippen LogP contribution in [0.3, 0.4) is 0 Å². The predicted molar refractivity (Wildman–Crippen MR) is 93.9 cm³/mol. The molecule has 7 heteroatoms. The van der Waals surface area contributed by atoms with Gasteiger partial charge < -0.3 is 15.4 Å². The summed E-state index contributed by atoms with van der Waals surface area (Å²) in [5, 5.41) is 0. The van der Waals surface area contributed by atoms with E-state index in [9.17, 15) is 4.79 Å². The summed E-state index contributed by atoms with van der Waals surface area (Å²) in [6.07, 6.45) is 2.48. The molecule has 132 valence electrons. The lowest BCUT2D eigenvalue weighted by Crippen LogP contribution is -2.53. The highest BCUT2D eigenvalue weighted by atomic mass is 35.5. The van der Waals surface area contributed by atoms with Gasteiger partial charge >= 0.3 is 0 Å². The zero-order valence-corrected chi connectivity index (χ0v) is 15.5. The van der Waals surface area contributed by atoms with Crippen molar-refractivity contribution in [3.8, 4) is 0 Å². The van der Waals surface area contributed by atoms with E-state index >= 15 is 0 Å². The molecule has 22 heavy (non-hydrogen) atoms. The van der Waals surface area contributed by atoms with E-state index in [0.717, 1.165) is 45.6 Å². The quantitative estimate of drug-likeness (QED) is 0.833. The van der Waals surface area contributed by atoms with Gasteiger partial charge in [0.2, 0.25) is 5.91 Å². The molecule has 3 atom stereocenters. The first kappa shape index (κ1) is 21.9. The summed E-state index contributed by atoms with van der Waals surface area (Å²) in [6, 6.07) is 0.538. The first-order valence-corrected chi connectivity index (χ1v) is 7.89. The van der Waals surface area contributed by atoms with Crippen molar-refractivity contribution >= 4 is 30.7 Å². The lowest BCUT2D eigenvalue weighted by molar-refractivity contribution is -0.137. The minimum absolute atomic E-state index is 0. The number of ether oxygens (including phenoxy) is 1. The van der Waals surface area contributed by atoms with Gasteiger partial charge in [0.05, 0.1) is 18.6 Å². The zero-order valence-electron chi connectivity index (χ0n) is 13.9. The summed E-state index contributed by atoms with van der Waals surface area (Å²) in [5.41, 5.74) is 5.83. The number of nitrogens with zero attached hydrogens (tertiary/aromatic N) is 2. The average Bonchev–Trinajstić information content (AvgIpc) is 2.46. The van der Waals surface area contributed by atoms with Gasteiger partial charge in [-0.05, 0) is 26.7 Å². The van der Waals surface area contributed by atoms with Crippen LogP contribution >= 0.6 is 24.8 Å². The lowest BCUT2D eigenvalue weighted by atomic mass is 9.98. The fourth-order valence-corrected chi connectivity index (χ4v) is 3.14. The van der Waals surface area contributed by atoms with Crippen LogP contribution in [-0.2, 0) is 9.53 Å². The number of hydrogen-bond acceptors (Lipinski definition) is 4. The summed E-state index contributed by atoms with van der Waals surface area (Å²) in [5.74, 6) is 0.142. The summed E-state index contributed by atoms with van der Waals surface area (Å²) >= 11 is 0. The van der Waals surface area contributed by atoms with Crippen LogP contribution in [0.4, 0.5) is 0 Å². The summed E-state index contributed by atoms with van der Waals surface area (Å²) in [7, 11) is 0. The Labute approximate surface area is 146 Å². The molecular formula is C15H31Cl2N3O2. The molecule has 2 saturated heterocycles. The van der Waals surface area contributed by atoms with Crippen molar-refractivity contribution in [2.24, 2.45) is 11.7 Å². The molecule has 2 heterocycles. The minimum atomic E-state index is -0.0741. The highest BCUT2D eigenvalue weighted by molar-refractivity contribution is 5.85. The summed E-state index contributed by atoms with van der Waals surface area (Å²) in [6.45, 7) is 10.6. The van der Waals surface area contributed by atoms with Gasteiger partial charge in [0, 0.05) is 38.3 Å². The van der Waals surface area contributed by atoms with Gasteiger partial charge in [-0.2, -0.15) is 0 Å². The Morgan fingerprint density at radius 2 is 1.77 bits per heavy atom. The van der Waals surface area contributed by atoms with E-state index in [4.69, 9.17) is 10.5 Å². The van der Waals surface area contributed by atoms with Gasteiger partial charge in [-0.1, -0.05) is 6.92 Å². The van der Waals surface area contributed by atoms with Gasteiger partial charge in [-0.15, -0.1) is 24.8 Å². The van der Waals surface area contributed by atoms with Crippen LogP contribution in [0.5, 0.6) is 0 Å². The Balaban J connectivity index is 0.00000220. The van der Waals surface area contributed by atoms with Crippen LogP contribution in [0, 0.1) is 5.92 Å². The second kappa shape index (κ2) is 9.93. The SMILES string of the molecule is CC1CN(C2CCN(C(=O)C(C)C(C)N)CC2)CCO1.Cl.Cl. The van der Waals surface area contributed by atoms with E-state index in [0.29, 0.717) is 12.1 Å². The molecule has 0 saturated carbocycles. The second-order valence-corrected chi connectivity index (χ2v) is 6.38. The number of carbonyl (C=O) groups excluding carboxylic acids is 1. The third kappa shape index (κ3) is 5.53. The van der Waals surface area contributed by atoms with E-state index < -0.39 is 0 Å². The summed E-state index contributed by atoms with van der Waals surface area (Å²) in [4.78, 5) is 16.8.